The molecule has 0 fully saturated rings. The molecule has 1 atom stereocenters. The minimum Gasteiger partial charge on any atom is -0.491 e. The van der Waals surface area contributed by atoms with Gasteiger partial charge in [0.15, 0.2) is 0 Å². The number of carbonyl (C=O) groups is 1. The van der Waals surface area contributed by atoms with Crippen molar-refractivity contribution in [1.29, 1.82) is 0 Å². The Kier molecular flexibility index (Phi) is 8.47. The fourth-order valence-corrected chi connectivity index (χ4v) is 1.73. The van der Waals surface area contributed by atoms with Crippen LogP contribution in [0.3, 0.4) is 0 Å². The third-order valence-corrected chi connectivity index (χ3v) is 3.25. The van der Waals surface area contributed by atoms with Crippen molar-refractivity contribution in [2.45, 2.75) is 26.3 Å². The number of rotatable bonds is 10. The molecule has 0 bridgehead atoms. The predicted octanol–water partition coefficient (Wildman–Crippen LogP) is 1.23. The second kappa shape index (κ2) is 10.2. The maximum atomic E-state index is 11.3. The SMILES string of the molecule is CC[C@H](C)[NH2+]CCOCCOc1ccc(C(=O)OC)cc1. The van der Waals surface area contributed by atoms with Gasteiger partial charge in [-0.15, -0.1) is 0 Å². The number of hydrogen-bond donors (Lipinski definition) is 1. The number of carbonyl (C=O) groups excluding carboxylic acids is 1. The van der Waals surface area contributed by atoms with E-state index in [1.807, 2.05) is 0 Å². The molecule has 0 aromatic heterocycles. The fourth-order valence-electron chi connectivity index (χ4n) is 1.73. The van der Waals surface area contributed by atoms with Crippen LogP contribution < -0.4 is 10.1 Å². The second-order valence-electron chi connectivity index (χ2n) is 4.89. The summed E-state index contributed by atoms with van der Waals surface area (Å²) in [7, 11) is 1.36. The van der Waals surface area contributed by atoms with Crippen LogP contribution in [-0.2, 0) is 9.47 Å². The maximum absolute atomic E-state index is 11.3. The molecule has 1 rings (SSSR count). The highest BCUT2D eigenvalue weighted by molar-refractivity contribution is 5.89. The van der Waals surface area contributed by atoms with Crippen molar-refractivity contribution in [1.82, 2.24) is 0 Å². The monoisotopic (exact) mass is 296 g/mol. The van der Waals surface area contributed by atoms with E-state index in [4.69, 9.17) is 9.47 Å². The minimum atomic E-state index is -0.345. The summed E-state index contributed by atoms with van der Waals surface area (Å²) < 4.78 is 15.7. The van der Waals surface area contributed by atoms with Gasteiger partial charge in [0.1, 0.15) is 12.4 Å². The van der Waals surface area contributed by atoms with Crippen LogP contribution in [-0.4, -0.2) is 45.5 Å². The van der Waals surface area contributed by atoms with Crippen LogP contribution in [0.5, 0.6) is 5.75 Å². The lowest BCUT2D eigenvalue weighted by molar-refractivity contribution is -0.687. The summed E-state index contributed by atoms with van der Waals surface area (Å²) in [5, 5.41) is 2.28. The van der Waals surface area contributed by atoms with Crippen LogP contribution in [0.25, 0.3) is 0 Å². The summed E-state index contributed by atoms with van der Waals surface area (Å²) >= 11 is 0. The number of quaternary nitrogens is 1. The zero-order valence-electron chi connectivity index (χ0n) is 13.1. The zero-order chi connectivity index (χ0) is 15.5. The molecule has 0 spiro atoms. The van der Waals surface area contributed by atoms with E-state index in [2.05, 4.69) is 23.9 Å². The van der Waals surface area contributed by atoms with Gasteiger partial charge < -0.3 is 19.5 Å². The molecule has 0 saturated carbocycles. The van der Waals surface area contributed by atoms with E-state index in [0.717, 1.165) is 18.9 Å². The standard InChI is InChI=1S/C16H25NO4/c1-4-13(2)17-9-10-20-11-12-21-15-7-5-14(6-8-15)16(18)19-3/h5-8,13,17H,4,9-12H2,1-3H3/p+1/t13-/m0/s1. The molecule has 2 N–H and O–H groups in total. The lowest BCUT2D eigenvalue weighted by atomic mass is 10.2. The molecule has 0 amide bonds. The maximum Gasteiger partial charge on any atom is 0.337 e. The Bertz CT molecular complexity index is 405. The molecule has 21 heavy (non-hydrogen) atoms. The molecule has 1 aromatic rings. The van der Waals surface area contributed by atoms with Crippen LogP contribution >= 0.6 is 0 Å². The van der Waals surface area contributed by atoms with Gasteiger partial charge in [-0.2, -0.15) is 0 Å². The molecule has 1 aromatic carbocycles. The number of nitrogens with two attached hydrogens (primary N) is 1. The Morgan fingerprint density at radius 3 is 2.52 bits per heavy atom. The average Bonchev–Trinajstić information content (AvgIpc) is 2.53. The normalized spacial score (nSPS) is 12.0. The summed E-state index contributed by atoms with van der Waals surface area (Å²) in [4.78, 5) is 11.3. The summed E-state index contributed by atoms with van der Waals surface area (Å²) in [6.07, 6.45) is 1.17. The highest BCUT2D eigenvalue weighted by atomic mass is 16.5. The number of esters is 1. The molecule has 0 unspecified atom stereocenters. The van der Waals surface area contributed by atoms with Gasteiger partial charge in [-0.25, -0.2) is 4.79 Å². The van der Waals surface area contributed by atoms with E-state index in [-0.39, 0.29) is 5.97 Å². The predicted molar refractivity (Wildman–Crippen MR) is 80.6 cm³/mol. The zero-order valence-corrected chi connectivity index (χ0v) is 13.1. The van der Waals surface area contributed by atoms with Crippen molar-refractivity contribution in [3.63, 3.8) is 0 Å². The van der Waals surface area contributed by atoms with Gasteiger partial charge in [0, 0.05) is 0 Å². The van der Waals surface area contributed by atoms with Gasteiger partial charge in [0.2, 0.25) is 0 Å². The highest BCUT2D eigenvalue weighted by Gasteiger charge is 2.04. The third kappa shape index (κ3) is 7.11. The second-order valence-corrected chi connectivity index (χ2v) is 4.89. The smallest absolute Gasteiger partial charge is 0.337 e. The van der Waals surface area contributed by atoms with Gasteiger partial charge >= 0.3 is 5.97 Å². The Morgan fingerprint density at radius 1 is 1.19 bits per heavy atom. The van der Waals surface area contributed by atoms with Gasteiger partial charge in [-0.3, -0.25) is 0 Å². The quantitative estimate of drug-likeness (QED) is 0.521. The third-order valence-electron chi connectivity index (χ3n) is 3.25. The first-order chi connectivity index (χ1) is 10.2. The molecular weight excluding hydrogens is 270 g/mol. The average molecular weight is 296 g/mol. The lowest BCUT2D eigenvalue weighted by Gasteiger charge is -2.09. The largest absolute Gasteiger partial charge is 0.491 e. The van der Waals surface area contributed by atoms with Gasteiger partial charge in [0.05, 0.1) is 38.5 Å². The number of hydrogen-bond acceptors (Lipinski definition) is 4. The molecule has 0 heterocycles. The van der Waals surface area contributed by atoms with Crippen molar-refractivity contribution in [3.05, 3.63) is 29.8 Å². The lowest BCUT2D eigenvalue weighted by Crippen LogP contribution is -2.90. The molecule has 0 aliphatic carbocycles. The number of ether oxygens (including phenoxy) is 3. The van der Waals surface area contributed by atoms with Crippen molar-refractivity contribution in [2.75, 3.05) is 33.5 Å². The summed E-state index contributed by atoms with van der Waals surface area (Å²) in [5.74, 6) is 0.375. The Hall–Kier alpha value is -1.59. The minimum absolute atomic E-state index is 0.345. The molecule has 5 nitrogen and oxygen atoms in total. The van der Waals surface area contributed by atoms with Crippen LogP contribution in [0, 0.1) is 0 Å². The Morgan fingerprint density at radius 2 is 1.90 bits per heavy atom. The number of methoxy groups -OCH3 is 1. The van der Waals surface area contributed by atoms with E-state index in [0.29, 0.717) is 24.8 Å². The molecule has 0 aliphatic heterocycles. The van der Waals surface area contributed by atoms with Crippen molar-refractivity contribution in [2.24, 2.45) is 0 Å². The van der Waals surface area contributed by atoms with Crippen molar-refractivity contribution in [3.8, 4) is 5.75 Å². The molecule has 0 radical (unpaired) electrons. The highest BCUT2D eigenvalue weighted by Crippen LogP contribution is 2.12. The Labute approximate surface area is 126 Å². The summed E-state index contributed by atoms with van der Waals surface area (Å²) in [6.45, 7) is 7.16. The fraction of sp³-hybridized carbons (Fsp3) is 0.562. The number of benzene rings is 1. The van der Waals surface area contributed by atoms with Crippen LogP contribution in [0.2, 0.25) is 0 Å². The van der Waals surface area contributed by atoms with E-state index >= 15 is 0 Å². The Balaban J connectivity index is 2.11. The van der Waals surface area contributed by atoms with Gasteiger partial charge in [-0.05, 0) is 37.6 Å². The topological polar surface area (TPSA) is 61.4 Å². The van der Waals surface area contributed by atoms with Crippen LogP contribution in [0.15, 0.2) is 24.3 Å². The first-order valence-corrected chi connectivity index (χ1v) is 7.39. The first kappa shape index (κ1) is 17.5. The van der Waals surface area contributed by atoms with E-state index in [1.165, 1.54) is 13.5 Å². The van der Waals surface area contributed by atoms with E-state index in [9.17, 15) is 4.79 Å². The van der Waals surface area contributed by atoms with E-state index in [1.54, 1.807) is 24.3 Å². The first-order valence-electron chi connectivity index (χ1n) is 7.39. The van der Waals surface area contributed by atoms with Crippen LogP contribution in [0.4, 0.5) is 0 Å². The van der Waals surface area contributed by atoms with Crippen molar-refractivity contribution >= 4 is 5.97 Å². The molecule has 0 saturated heterocycles. The summed E-state index contributed by atoms with van der Waals surface area (Å²) in [5.41, 5.74) is 0.515. The van der Waals surface area contributed by atoms with E-state index < -0.39 is 0 Å². The molecular formula is C16H26NO4+. The molecule has 5 heteroatoms. The van der Waals surface area contributed by atoms with Crippen LogP contribution in [0.1, 0.15) is 30.6 Å². The van der Waals surface area contributed by atoms with Gasteiger partial charge in [0.25, 0.3) is 0 Å². The molecule has 0 aliphatic rings. The van der Waals surface area contributed by atoms with Crippen molar-refractivity contribution < 1.29 is 24.3 Å². The molecule has 118 valence electrons. The summed E-state index contributed by atoms with van der Waals surface area (Å²) in [6, 6.07) is 7.52. The van der Waals surface area contributed by atoms with Gasteiger partial charge in [-0.1, -0.05) is 6.92 Å².